The van der Waals surface area contributed by atoms with Crippen LogP contribution in [-0.4, -0.2) is 23.9 Å². The van der Waals surface area contributed by atoms with E-state index in [9.17, 15) is 18.4 Å². The number of hydrogen-bond donors (Lipinski definition) is 1. The average molecular weight is 280 g/mol. The molecule has 2 aliphatic rings. The van der Waals surface area contributed by atoms with Crippen LogP contribution in [0.3, 0.4) is 0 Å². The van der Waals surface area contributed by atoms with Crippen molar-refractivity contribution >= 4 is 17.5 Å². The lowest BCUT2D eigenvalue weighted by molar-refractivity contribution is -0.135. The minimum absolute atomic E-state index is 0.0440. The molecule has 2 amide bonds. The van der Waals surface area contributed by atoms with Gasteiger partial charge < -0.3 is 5.32 Å². The molecule has 6 heteroatoms. The fraction of sp³-hybridized carbons (Fsp3) is 0.429. The number of carbonyl (C=O) groups excluding carboxylic acids is 2. The van der Waals surface area contributed by atoms with Crippen LogP contribution in [0.25, 0.3) is 0 Å². The molecule has 1 saturated heterocycles. The zero-order valence-corrected chi connectivity index (χ0v) is 10.8. The summed E-state index contributed by atoms with van der Waals surface area (Å²) in [4.78, 5) is 25.5. The summed E-state index contributed by atoms with van der Waals surface area (Å²) in [6, 6.07) is 3.00. The van der Waals surface area contributed by atoms with E-state index in [0.29, 0.717) is 12.8 Å². The quantitative estimate of drug-likeness (QED) is 0.852. The number of amides is 2. The van der Waals surface area contributed by atoms with Gasteiger partial charge in [-0.15, -0.1) is 0 Å². The van der Waals surface area contributed by atoms with E-state index in [2.05, 4.69) is 5.32 Å². The summed E-state index contributed by atoms with van der Waals surface area (Å²) in [5, 5.41) is 2.75. The Balaban J connectivity index is 1.99. The molecule has 1 saturated carbocycles. The Morgan fingerprint density at radius 1 is 1.15 bits per heavy atom. The highest BCUT2D eigenvalue weighted by molar-refractivity contribution is 6.09. The highest BCUT2D eigenvalue weighted by Gasteiger charge is 2.49. The maximum Gasteiger partial charge on any atom is 0.253 e. The van der Waals surface area contributed by atoms with Crippen molar-refractivity contribution in [1.82, 2.24) is 5.32 Å². The Hall–Kier alpha value is -1.98. The summed E-state index contributed by atoms with van der Waals surface area (Å²) < 4.78 is 26.8. The second-order valence-corrected chi connectivity index (χ2v) is 5.32. The highest BCUT2D eigenvalue weighted by atomic mass is 19.1. The van der Waals surface area contributed by atoms with Gasteiger partial charge in [0.05, 0.1) is 5.69 Å². The van der Waals surface area contributed by atoms with Gasteiger partial charge in [0.15, 0.2) is 0 Å². The molecule has 0 radical (unpaired) electrons. The third-order valence-electron chi connectivity index (χ3n) is 3.99. The van der Waals surface area contributed by atoms with Crippen LogP contribution >= 0.6 is 0 Å². The van der Waals surface area contributed by atoms with E-state index >= 15 is 0 Å². The molecule has 0 aromatic heterocycles. The van der Waals surface area contributed by atoms with Crippen LogP contribution in [0.2, 0.25) is 0 Å². The predicted octanol–water partition coefficient (Wildman–Crippen LogP) is 1.74. The normalized spacial score (nSPS) is 21.4. The number of piperazine rings is 1. The zero-order chi connectivity index (χ0) is 14.3. The van der Waals surface area contributed by atoms with E-state index in [1.54, 1.807) is 0 Å². The number of anilines is 1. The van der Waals surface area contributed by atoms with Crippen molar-refractivity contribution < 1.29 is 18.4 Å². The Bertz CT molecular complexity index is 583. The largest absolute Gasteiger partial charge is 0.340 e. The highest BCUT2D eigenvalue weighted by Crippen LogP contribution is 2.35. The van der Waals surface area contributed by atoms with Gasteiger partial charge in [-0.05, 0) is 25.0 Å². The summed E-state index contributed by atoms with van der Waals surface area (Å²) >= 11 is 0. The lowest BCUT2D eigenvalue weighted by Crippen LogP contribution is -2.65. The van der Waals surface area contributed by atoms with E-state index in [4.69, 9.17) is 0 Å². The van der Waals surface area contributed by atoms with Gasteiger partial charge in [-0.1, -0.05) is 12.8 Å². The molecule has 1 heterocycles. The Morgan fingerprint density at radius 3 is 2.50 bits per heavy atom. The maximum absolute atomic E-state index is 13.8. The van der Waals surface area contributed by atoms with E-state index in [1.807, 2.05) is 0 Å². The Kier molecular flexibility index (Phi) is 2.96. The van der Waals surface area contributed by atoms with Crippen LogP contribution in [0.15, 0.2) is 18.2 Å². The van der Waals surface area contributed by atoms with Crippen LogP contribution in [0.1, 0.15) is 25.7 Å². The molecule has 1 aromatic rings. The summed E-state index contributed by atoms with van der Waals surface area (Å²) in [5.74, 6) is -2.16. The first kappa shape index (κ1) is 13.0. The molecular weight excluding hydrogens is 266 g/mol. The second-order valence-electron chi connectivity index (χ2n) is 5.32. The molecular formula is C14H14F2N2O2. The van der Waals surface area contributed by atoms with Crippen LogP contribution in [0.5, 0.6) is 0 Å². The first-order valence-corrected chi connectivity index (χ1v) is 6.60. The third kappa shape index (κ3) is 1.95. The van der Waals surface area contributed by atoms with E-state index in [0.717, 1.165) is 29.9 Å². The number of nitrogens with zero attached hydrogens (tertiary/aromatic N) is 1. The summed E-state index contributed by atoms with van der Waals surface area (Å²) in [7, 11) is 0. The van der Waals surface area contributed by atoms with E-state index in [-0.39, 0.29) is 24.0 Å². The van der Waals surface area contributed by atoms with Crippen molar-refractivity contribution in [2.75, 3.05) is 11.4 Å². The van der Waals surface area contributed by atoms with Crippen molar-refractivity contribution in [1.29, 1.82) is 0 Å². The molecule has 1 spiro atoms. The van der Waals surface area contributed by atoms with Gasteiger partial charge in [-0.25, -0.2) is 8.78 Å². The minimum atomic E-state index is -0.907. The van der Waals surface area contributed by atoms with Crippen molar-refractivity contribution in [2.24, 2.45) is 0 Å². The summed E-state index contributed by atoms with van der Waals surface area (Å²) in [5.41, 5.74) is -0.951. The van der Waals surface area contributed by atoms with Crippen molar-refractivity contribution in [3.05, 3.63) is 29.8 Å². The third-order valence-corrected chi connectivity index (χ3v) is 3.99. The first-order valence-electron chi connectivity index (χ1n) is 6.60. The first-order chi connectivity index (χ1) is 9.52. The maximum atomic E-state index is 13.8. The fourth-order valence-electron chi connectivity index (χ4n) is 3.05. The molecule has 1 N–H and O–H groups in total. The fourth-order valence-corrected chi connectivity index (χ4v) is 3.05. The van der Waals surface area contributed by atoms with E-state index in [1.165, 1.54) is 6.07 Å². The van der Waals surface area contributed by atoms with E-state index < -0.39 is 17.2 Å². The second kappa shape index (κ2) is 4.54. The van der Waals surface area contributed by atoms with Crippen molar-refractivity contribution in [3.63, 3.8) is 0 Å². The topological polar surface area (TPSA) is 49.4 Å². The van der Waals surface area contributed by atoms with Gasteiger partial charge in [0.2, 0.25) is 5.91 Å². The molecule has 2 fully saturated rings. The smallest absolute Gasteiger partial charge is 0.253 e. The molecule has 1 aliphatic heterocycles. The SMILES string of the molecule is O=C1CN(c2ccc(F)cc2F)C(=O)C2(CCCC2)N1. The molecule has 0 atom stereocenters. The molecule has 106 valence electrons. The average Bonchev–Trinajstić information content (AvgIpc) is 2.84. The van der Waals surface area contributed by atoms with Crippen LogP contribution < -0.4 is 10.2 Å². The number of halogens is 2. The molecule has 4 nitrogen and oxygen atoms in total. The monoisotopic (exact) mass is 280 g/mol. The van der Waals surface area contributed by atoms with Gasteiger partial charge >= 0.3 is 0 Å². The van der Waals surface area contributed by atoms with Crippen LogP contribution in [0, 0.1) is 11.6 Å². The predicted molar refractivity (Wildman–Crippen MR) is 68.1 cm³/mol. The van der Waals surface area contributed by atoms with Gasteiger partial charge in [0.25, 0.3) is 5.91 Å². The number of benzene rings is 1. The lowest BCUT2D eigenvalue weighted by atomic mass is 9.92. The van der Waals surface area contributed by atoms with Gasteiger partial charge in [0, 0.05) is 6.07 Å². The number of nitrogens with one attached hydrogen (secondary N) is 1. The molecule has 0 unspecified atom stereocenters. The molecule has 1 aromatic carbocycles. The Morgan fingerprint density at radius 2 is 1.85 bits per heavy atom. The summed E-state index contributed by atoms with van der Waals surface area (Å²) in [6.45, 7) is -0.233. The number of carbonyl (C=O) groups is 2. The van der Waals surface area contributed by atoms with Crippen LogP contribution in [0.4, 0.5) is 14.5 Å². The Labute approximate surface area is 114 Å². The van der Waals surface area contributed by atoms with Crippen LogP contribution in [-0.2, 0) is 9.59 Å². The molecule has 1 aliphatic carbocycles. The number of rotatable bonds is 1. The standard InChI is InChI=1S/C14H14F2N2O2/c15-9-3-4-11(10(16)7-9)18-8-12(19)17-14(13(18)20)5-1-2-6-14/h3-4,7H,1-2,5-6,8H2,(H,17,19). The van der Waals surface area contributed by atoms with Gasteiger partial charge in [0.1, 0.15) is 23.7 Å². The van der Waals surface area contributed by atoms with Crippen molar-refractivity contribution in [3.8, 4) is 0 Å². The lowest BCUT2D eigenvalue weighted by Gasteiger charge is -2.39. The van der Waals surface area contributed by atoms with Gasteiger partial charge in [-0.3, -0.25) is 14.5 Å². The zero-order valence-electron chi connectivity index (χ0n) is 10.8. The van der Waals surface area contributed by atoms with Crippen molar-refractivity contribution in [2.45, 2.75) is 31.2 Å². The molecule has 3 rings (SSSR count). The summed E-state index contributed by atoms with van der Waals surface area (Å²) in [6.07, 6.45) is 2.84. The minimum Gasteiger partial charge on any atom is -0.340 e. The molecule has 20 heavy (non-hydrogen) atoms. The number of hydrogen-bond acceptors (Lipinski definition) is 2. The van der Waals surface area contributed by atoms with Gasteiger partial charge in [-0.2, -0.15) is 0 Å². The molecule has 0 bridgehead atoms.